The average Bonchev–Trinajstić information content (AvgIpc) is 2.92. The van der Waals surface area contributed by atoms with Gasteiger partial charge in [-0.05, 0) is 12.0 Å². The molecule has 0 saturated carbocycles. The molecule has 0 spiro atoms. The Labute approximate surface area is 116 Å². The first-order valence-electron chi connectivity index (χ1n) is 6.16. The van der Waals surface area contributed by atoms with Gasteiger partial charge in [0.05, 0.1) is 6.20 Å². The van der Waals surface area contributed by atoms with E-state index in [2.05, 4.69) is 32.7 Å². The van der Waals surface area contributed by atoms with Crippen molar-refractivity contribution in [3.05, 3.63) is 47.7 Å². The van der Waals surface area contributed by atoms with Gasteiger partial charge in [0, 0.05) is 13.6 Å². The van der Waals surface area contributed by atoms with E-state index in [1.54, 1.807) is 5.01 Å². The molecule has 0 atom stereocenters. The molecule has 0 aliphatic heterocycles. The monoisotopic (exact) mass is 272 g/mol. The zero-order valence-electron chi connectivity index (χ0n) is 11.2. The Kier molecular flexibility index (Phi) is 4.43. The second-order valence-electron chi connectivity index (χ2n) is 4.30. The van der Waals surface area contributed by atoms with E-state index in [4.69, 9.17) is 5.73 Å². The first-order valence-corrected chi connectivity index (χ1v) is 6.16. The molecule has 7 heteroatoms. The van der Waals surface area contributed by atoms with Gasteiger partial charge < -0.3 is 5.73 Å². The van der Waals surface area contributed by atoms with Crippen LogP contribution in [0.25, 0.3) is 0 Å². The van der Waals surface area contributed by atoms with Crippen molar-refractivity contribution < 1.29 is 4.79 Å². The Balaban J connectivity index is 1.91. The van der Waals surface area contributed by atoms with Crippen molar-refractivity contribution >= 4 is 11.7 Å². The topological polar surface area (TPSA) is 99.7 Å². The van der Waals surface area contributed by atoms with Gasteiger partial charge in [-0.2, -0.15) is 5.10 Å². The summed E-state index contributed by atoms with van der Waals surface area (Å²) in [5.41, 5.74) is 6.64. The molecule has 3 N–H and O–H groups in total. The molecular weight excluding hydrogens is 256 g/mol. The van der Waals surface area contributed by atoms with Crippen LogP contribution in [-0.2, 0) is 6.42 Å². The van der Waals surface area contributed by atoms with E-state index in [-0.39, 0.29) is 11.4 Å². The first-order chi connectivity index (χ1) is 9.66. The summed E-state index contributed by atoms with van der Waals surface area (Å²) in [6, 6.07) is 10.1. The lowest BCUT2D eigenvalue weighted by atomic mass is 10.1. The van der Waals surface area contributed by atoms with Crippen molar-refractivity contribution in [2.24, 2.45) is 16.1 Å². The molecule has 0 bridgehead atoms. The minimum Gasteiger partial charge on any atom is -0.365 e. The van der Waals surface area contributed by atoms with E-state index in [9.17, 15) is 4.79 Å². The van der Waals surface area contributed by atoms with Crippen molar-refractivity contribution in [1.82, 2.24) is 15.2 Å². The van der Waals surface area contributed by atoms with Crippen LogP contribution in [0, 0.1) is 0 Å². The summed E-state index contributed by atoms with van der Waals surface area (Å²) in [7, 11) is 1.81. The number of aromatic amines is 1. The third-order valence-electron chi connectivity index (χ3n) is 2.75. The van der Waals surface area contributed by atoms with Crippen molar-refractivity contribution in [3.63, 3.8) is 0 Å². The number of amides is 1. The quantitative estimate of drug-likeness (QED) is 0.618. The number of carbonyl (C=O) groups excluding carboxylic acids is 1. The highest BCUT2D eigenvalue weighted by Crippen LogP contribution is 2.14. The van der Waals surface area contributed by atoms with Gasteiger partial charge in [-0.15, -0.1) is 5.11 Å². The van der Waals surface area contributed by atoms with Crippen LogP contribution in [0.5, 0.6) is 0 Å². The maximum atomic E-state index is 11.1. The predicted octanol–water partition coefficient (Wildman–Crippen LogP) is 1.68. The molecule has 20 heavy (non-hydrogen) atoms. The van der Waals surface area contributed by atoms with Crippen LogP contribution < -0.4 is 5.73 Å². The van der Waals surface area contributed by atoms with E-state index in [0.29, 0.717) is 6.54 Å². The number of nitrogens with zero attached hydrogens (tertiary/aromatic N) is 4. The van der Waals surface area contributed by atoms with Crippen LogP contribution in [0.2, 0.25) is 0 Å². The highest BCUT2D eigenvalue weighted by atomic mass is 16.1. The number of likely N-dealkylation sites (N-methyl/N-ethyl adjacent to an activating group) is 1. The number of nitrogens with one attached hydrogen (secondary N) is 1. The van der Waals surface area contributed by atoms with Gasteiger partial charge in [0.1, 0.15) is 5.56 Å². The summed E-state index contributed by atoms with van der Waals surface area (Å²) in [6.07, 6.45) is 2.20. The summed E-state index contributed by atoms with van der Waals surface area (Å²) < 4.78 is 0. The minimum absolute atomic E-state index is 0.227. The lowest BCUT2D eigenvalue weighted by Gasteiger charge is -2.10. The molecule has 1 aromatic carbocycles. The van der Waals surface area contributed by atoms with E-state index < -0.39 is 5.91 Å². The van der Waals surface area contributed by atoms with Crippen molar-refractivity contribution in [3.8, 4) is 0 Å². The highest BCUT2D eigenvalue weighted by Gasteiger charge is 2.09. The maximum Gasteiger partial charge on any atom is 0.254 e. The normalized spacial score (nSPS) is 10.8. The summed E-state index contributed by atoms with van der Waals surface area (Å²) >= 11 is 0. The minimum atomic E-state index is -0.584. The molecular formula is C13H16N6O. The smallest absolute Gasteiger partial charge is 0.254 e. The van der Waals surface area contributed by atoms with E-state index >= 15 is 0 Å². The summed E-state index contributed by atoms with van der Waals surface area (Å²) in [5, 5.41) is 15.9. The fraction of sp³-hybridized carbons (Fsp3) is 0.231. The van der Waals surface area contributed by atoms with E-state index in [1.807, 2.05) is 25.2 Å². The van der Waals surface area contributed by atoms with Crippen LogP contribution in [0.4, 0.5) is 5.82 Å². The van der Waals surface area contributed by atoms with Crippen LogP contribution >= 0.6 is 0 Å². The molecule has 104 valence electrons. The zero-order chi connectivity index (χ0) is 14.4. The van der Waals surface area contributed by atoms with Crippen molar-refractivity contribution in [2.75, 3.05) is 13.6 Å². The number of primary amides is 1. The predicted molar refractivity (Wildman–Crippen MR) is 74.4 cm³/mol. The molecule has 1 heterocycles. The fourth-order valence-corrected chi connectivity index (χ4v) is 1.64. The van der Waals surface area contributed by atoms with Crippen molar-refractivity contribution in [1.29, 1.82) is 0 Å². The van der Waals surface area contributed by atoms with Crippen LogP contribution in [0.3, 0.4) is 0 Å². The molecule has 7 nitrogen and oxygen atoms in total. The van der Waals surface area contributed by atoms with Gasteiger partial charge in [0.25, 0.3) is 5.91 Å². The van der Waals surface area contributed by atoms with Crippen LogP contribution in [0.1, 0.15) is 15.9 Å². The molecule has 0 aliphatic carbocycles. The van der Waals surface area contributed by atoms with Gasteiger partial charge in [-0.25, -0.2) is 0 Å². The number of hydrogen-bond acceptors (Lipinski definition) is 4. The molecule has 2 rings (SSSR count). The van der Waals surface area contributed by atoms with Gasteiger partial charge in [0.2, 0.25) is 0 Å². The average molecular weight is 272 g/mol. The highest BCUT2D eigenvalue weighted by molar-refractivity contribution is 5.96. The lowest BCUT2D eigenvalue weighted by Crippen LogP contribution is -2.14. The van der Waals surface area contributed by atoms with Crippen LogP contribution in [-0.4, -0.2) is 34.7 Å². The molecule has 2 aromatic rings. The second kappa shape index (κ2) is 6.46. The number of H-pyrrole nitrogens is 1. The summed E-state index contributed by atoms with van der Waals surface area (Å²) in [4.78, 5) is 11.1. The molecule has 0 saturated heterocycles. The van der Waals surface area contributed by atoms with Gasteiger partial charge in [-0.3, -0.25) is 14.9 Å². The number of rotatable bonds is 6. The SMILES string of the molecule is CN(CCc1ccccc1)/N=N/c1[nH]ncc1C(N)=O. The fourth-order valence-electron chi connectivity index (χ4n) is 1.64. The Morgan fingerprint density at radius 2 is 2.15 bits per heavy atom. The number of hydrogen-bond donors (Lipinski definition) is 2. The van der Waals surface area contributed by atoms with Crippen LogP contribution in [0.15, 0.2) is 46.9 Å². The Bertz CT molecular complexity index is 592. The van der Waals surface area contributed by atoms with Gasteiger partial charge in [0.15, 0.2) is 5.82 Å². The van der Waals surface area contributed by atoms with Gasteiger partial charge in [-0.1, -0.05) is 35.6 Å². The Morgan fingerprint density at radius 3 is 2.85 bits per heavy atom. The molecule has 0 aliphatic rings. The number of aromatic nitrogens is 2. The molecule has 0 unspecified atom stereocenters. The summed E-state index contributed by atoms with van der Waals surface area (Å²) in [5.74, 6) is -0.316. The van der Waals surface area contributed by atoms with Crippen molar-refractivity contribution in [2.45, 2.75) is 6.42 Å². The Morgan fingerprint density at radius 1 is 1.40 bits per heavy atom. The second-order valence-corrected chi connectivity index (χ2v) is 4.30. The largest absolute Gasteiger partial charge is 0.365 e. The lowest BCUT2D eigenvalue weighted by molar-refractivity contribution is 0.100. The van der Waals surface area contributed by atoms with E-state index in [1.165, 1.54) is 11.8 Å². The molecule has 1 amide bonds. The molecule has 1 aromatic heterocycles. The number of benzene rings is 1. The van der Waals surface area contributed by atoms with Gasteiger partial charge >= 0.3 is 0 Å². The molecule has 0 radical (unpaired) electrons. The summed E-state index contributed by atoms with van der Waals surface area (Å²) in [6.45, 7) is 0.716. The third kappa shape index (κ3) is 3.64. The first kappa shape index (κ1) is 13.7. The zero-order valence-corrected chi connectivity index (χ0v) is 11.2. The van der Waals surface area contributed by atoms with E-state index in [0.717, 1.165) is 6.42 Å². The number of carbonyl (C=O) groups is 1. The standard InChI is InChI=1S/C13H16N6O/c1-19(8-7-10-5-3-2-4-6-10)18-17-13-11(12(14)20)9-15-16-13/h2-6,9H,7-8H2,1H3,(H2,14,20)(H,15,16)/b18-17+. The maximum absolute atomic E-state index is 11.1. The Hall–Kier alpha value is -2.70. The molecule has 0 fully saturated rings. The number of nitrogens with two attached hydrogens (primary N) is 1. The third-order valence-corrected chi connectivity index (χ3v) is 2.75.